The maximum atomic E-state index is 10.8. The fourth-order valence-electron chi connectivity index (χ4n) is 1.53. The quantitative estimate of drug-likeness (QED) is 0.784. The number of aromatic nitrogens is 1. The van der Waals surface area contributed by atoms with Crippen molar-refractivity contribution in [3.63, 3.8) is 0 Å². The van der Waals surface area contributed by atoms with Crippen LogP contribution in [0.1, 0.15) is 10.5 Å². The van der Waals surface area contributed by atoms with E-state index in [0.29, 0.717) is 5.02 Å². The Kier molecular flexibility index (Phi) is 1.97. The molecule has 1 aromatic heterocycles. The Bertz CT molecular complexity index is 516. The number of aromatic carboxylic acids is 1. The summed E-state index contributed by atoms with van der Waals surface area (Å²) in [4.78, 5) is 10.8. The van der Waals surface area contributed by atoms with Crippen molar-refractivity contribution in [2.24, 2.45) is 7.05 Å². The number of hydrogen-bond acceptors (Lipinski definition) is 1. The number of nitrogens with zero attached hydrogens (tertiary/aromatic N) is 1. The maximum Gasteiger partial charge on any atom is 0.352 e. The van der Waals surface area contributed by atoms with Crippen molar-refractivity contribution in [1.29, 1.82) is 0 Å². The van der Waals surface area contributed by atoms with Crippen LogP contribution in [0, 0.1) is 0 Å². The zero-order valence-corrected chi connectivity index (χ0v) is 8.25. The van der Waals surface area contributed by atoms with E-state index in [2.05, 4.69) is 0 Å². The summed E-state index contributed by atoms with van der Waals surface area (Å²) in [5.41, 5.74) is 1.13. The lowest BCUT2D eigenvalue weighted by Gasteiger charge is -1.98. The zero-order valence-electron chi connectivity index (χ0n) is 7.49. The van der Waals surface area contributed by atoms with Crippen LogP contribution in [0.25, 0.3) is 10.9 Å². The molecule has 4 heteroatoms. The number of carboxylic acids is 1. The monoisotopic (exact) mass is 209 g/mol. The molecule has 0 saturated carbocycles. The van der Waals surface area contributed by atoms with Crippen molar-refractivity contribution in [3.05, 3.63) is 35.0 Å². The molecule has 2 aromatic rings. The van der Waals surface area contributed by atoms with E-state index in [-0.39, 0.29) is 5.69 Å². The van der Waals surface area contributed by atoms with Crippen LogP contribution in [-0.4, -0.2) is 15.6 Å². The second kappa shape index (κ2) is 3.03. The van der Waals surface area contributed by atoms with Gasteiger partial charge in [0.1, 0.15) is 5.69 Å². The van der Waals surface area contributed by atoms with Gasteiger partial charge in [-0.05, 0) is 24.3 Å². The first kappa shape index (κ1) is 9.09. The van der Waals surface area contributed by atoms with E-state index in [1.807, 2.05) is 6.07 Å². The summed E-state index contributed by atoms with van der Waals surface area (Å²) in [6, 6.07) is 6.92. The Morgan fingerprint density at radius 2 is 2.14 bits per heavy atom. The first-order chi connectivity index (χ1) is 6.59. The molecule has 0 atom stereocenters. The average molecular weight is 210 g/mol. The fourth-order valence-corrected chi connectivity index (χ4v) is 1.71. The van der Waals surface area contributed by atoms with Crippen LogP contribution >= 0.6 is 11.6 Å². The molecule has 14 heavy (non-hydrogen) atoms. The first-order valence-corrected chi connectivity index (χ1v) is 4.45. The van der Waals surface area contributed by atoms with Crippen LogP contribution in [0.4, 0.5) is 0 Å². The SMILES string of the molecule is Cn1c(C(=O)O)cc2cc(Cl)ccc21. The van der Waals surface area contributed by atoms with Gasteiger partial charge in [0.05, 0.1) is 0 Å². The van der Waals surface area contributed by atoms with Crippen LogP contribution in [0.5, 0.6) is 0 Å². The van der Waals surface area contributed by atoms with E-state index in [4.69, 9.17) is 16.7 Å². The molecule has 0 bridgehead atoms. The molecule has 0 unspecified atom stereocenters. The van der Waals surface area contributed by atoms with E-state index < -0.39 is 5.97 Å². The Hall–Kier alpha value is -1.48. The molecule has 1 aromatic carbocycles. The standard InChI is InChI=1S/C10H8ClNO2/c1-12-8-3-2-7(11)4-6(8)5-9(12)10(13)14/h2-5H,1H3,(H,13,14). The lowest BCUT2D eigenvalue weighted by Crippen LogP contribution is -2.03. The number of carbonyl (C=O) groups is 1. The number of carboxylic acid groups (broad SMARTS) is 1. The largest absolute Gasteiger partial charge is 0.477 e. The van der Waals surface area contributed by atoms with Crippen LogP contribution in [0.2, 0.25) is 5.02 Å². The second-order valence-corrected chi connectivity index (χ2v) is 3.53. The van der Waals surface area contributed by atoms with Gasteiger partial charge in [-0.2, -0.15) is 0 Å². The lowest BCUT2D eigenvalue weighted by atomic mass is 10.2. The maximum absolute atomic E-state index is 10.8. The van der Waals surface area contributed by atoms with Gasteiger partial charge in [-0.3, -0.25) is 0 Å². The summed E-state index contributed by atoms with van der Waals surface area (Å²) in [6.07, 6.45) is 0. The molecule has 0 saturated heterocycles. The number of halogens is 1. The van der Waals surface area contributed by atoms with Gasteiger partial charge < -0.3 is 9.67 Å². The zero-order chi connectivity index (χ0) is 10.3. The van der Waals surface area contributed by atoms with E-state index >= 15 is 0 Å². The van der Waals surface area contributed by atoms with Crippen molar-refractivity contribution in [1.82, 2.24) is 4.57 Å². The third kappa shape index (κ3) is 1.26. The van der Waals surface area contributed by atoms with Crippen LogP contribution in [0.3, 0.4) is 0 Å². The van der Waals surface area contributed by atoms with Crippen molar-refractivity contribution in [2.45, 2.75) is 0 Å². The predicted molar refractivity (Wildman–Crippen MR) is 54.9 cm³/mol. The number of hydrogen-bond donors (Lipinski definition) is 1. The van der Waals surface area contributed by atoms with E-state index in [1.54, 1.807) is 29.8 Å². The Morgan fingerprint density at radius 3 is 2.79 bits per heavy atom. The number of aryl methyl sites for hydroxylation is 1. The average Bonchev–Trinajstić information content (AvgIpc) is 2.43. The summed E-state index contributed by atoms with van der Waals surface area (Å²) >= 11 is 5.80. The summed E-state index contributed by atoms with van der Waals surface area (Å²) in [5.74, 6) is -0.931. The van der Waals surface area contributed by atoms with Crippen molar-refractivity contribution >= 4 is 28.5 Å². The highest BCUT2D eigenvalue weighted by Crippen LogP contribution is 2.22. The minimum Gasteiger partial charge on any atom is -0.477 e. The highest BCUT2D eigenvalue weighted by atomic mass is 35.5. The summed E-state index contributed by atoms with van der Waals surface area (Å²) < 4.78 is 1.63. The molecule has 0 spiro atoms. The number of benzene rings is 1. The molecule has 1 heterocycles. The minimum absolute atomic E-state index is 0.266. The topological polar surface area (TPSA) is 42.2 Å². The van der Waals surface area contributed by atoms with E-state index in [0.717, 1.165) is 10.9 Å². The number of rotatable bonds is 1. The van der Waals surface area contributed by atoms with Gasteiger partial charge in [-0.15, -0.1) is 0 Å². The summed E-state index contributed by atoms with van der Waals surface area (Å²) in [7, 11) is 1.72. The molecule has 0 aliphatic rings. The summed E-state index contributed by atoms with van der Waals surface area (Å²) in [5, 5.41) is 10.3. The van der Waals surface area contributed by atoms with Gasteiger partial charge in [-0.1, -0.05) is 11.6 Å². The molecule has 0 aliphatic heterocycles. The summed E-state index contributed by atoms with van der Waals surface area (Å²) in [6.45, 7) is 0. The van der Waals surface area contributed by atoms with E-state index in [9.17, 15) is 4.79 Å². The molecule has 3 nitrogen and oxygen atoms in total. The minimum atomic E-state index is -0.931. The van der Waals surface area contributed by atoms with E-state index in [1.165, 1.54) is 0 Å². The smallest absolute Gasteiger partial charge is 0.352 e. The van der Waals surface area contributed by atoms with Gasteiger partial charge in [0.2, 0.25) is 0 Å². The van der Waals surface area contributed by atoms with Gasteiger partial charge in [-0.25, -0.2) is 4.79 Å². The highest BCUT2D eigenvalue weighted by Gasteiger charge is 2.11. The highest BCUT2D eigenvalue weighted by molar-refractivity contribution is 6.31. The molecular formula is C10H8ClNO2. The third-order valence-corrected chi connectivity index (χ3v) is 2.46. The Labute approximate surface area is 85.5 Å². The van der Waals surface area contributed by atoms with Crippen molar-refractivity contribution < 1.29 is 9.90 Å². The van der Waals surface area contributed by atoms with Gasteiger partial charge in [0, 0.05) is 23.0 Å². The molecule has 0 radical (unpaired) electrons. The normalized spacial score (nSPS) is 10.7. The fraction of sp³-hybridized carbons (Fsp3) is 0.100. The molecular weight excluding hydrogens is 202 g/mol. The lowest BCUT2D eigenvalue weighted by molar-refractivity contribution is 0.0687. The van der Waals surface area contributed by atoms with Gasteiger partial charge in [0.25, 0.3) is 0 Å². The molecule has 1 N–H and O–H groups in total. The van der Waals surface area contributed by atoms with Crippen LogP contribution in [0.15, 0.2) is 24.3 Å². The third-order valence-electron chi connectivity index (χ3n) is 2.22. The number of fused-ring (bicyclic) bond motifs is 1. The molecule has 0 aliphatic carbocycles. The molecule has 2 rings (SSSR count). The van der Waals surface area contributed by atoms with Crippen molar-refractivity contribution in [3.8, 4) is 0 Å². The Morgan fingerprint density at radius 1 is 1.43 bits per heavy atom. The van der Waals surface area contributed by atoms with Crippen LogP contribution < -0.4 is 0 Å². The molecule has 72 valence electrons. The molecule has 0 amide bonds. The van der Waals surface area contributed by atoms with Gasteiger partial charge >= 0.3 is 5.97 Å². The van der Waals surface area contributed by atoms with Gasteiger partial charge in [0.15, 0.2) is 0 Å². The predicted octanol–water partition coefficient (Wildman–Crippen LogP) is 2.53. The van der Waals surface area contributed by atoms with Crippen LogP contribution in [-0.2, 0) is 7.05 Å². The first-order valence-electron chi connectivity index (χ1n) is 4.08. The van der Waals surface area contributed by atoms with Crippen molar-refractivity contribution in [2.75, 3.05) is 0 Å². The Balaban J connectivity index is 2.79. The molecule has 0 fully saturated rings. The second-order valence-electron chi connectivity index (χ2n) is 3.10.